The third-order valence-corrected chi connectivity index (χ3v) is 11.1. The molecule has 9 unspecified atom stereocenters. The van der Waals surface area contributed by atoms with Crippen LogP contribution in [0.1, 0.15) is 105 Å². The van der Waals surface area contributed by atoms with E-state index >= 15 is 0 Å². The van der Waals surface area contributed by atoms with E-state index in [4.69, 9.17) is 9.47 Å². The smallest absolute Gasteiger partial charge is 0.308 e. The summed E-state index contributed by atoms with van der Waals surface area (Å²) in [7, 11) is 1.49. The molecule has 0 saturated heterocycles. The molecule has 3 fully saturated rings. The number of allylic oxidation sites excluding steroid dienone is 1. The number of fused-ring (bicyclic) bond motifs is 5. The SMILES string of the molecule is COC(=O)C(C)CCCC(C)C1CCC2C3CC=C4CC(OC(C)=O)CCC4(C)C3CCC12C. The summed E-state index contributed by atoms with van der Waals surface area (Å²) in [5.41, 5.74) is 2.34. The van der Waals surface area contributed by atoms with E-state index in [0.29, 0.717) is 10.8 Å². The molecular weight excluding hydrogens is 424 g/mol. The highest BCUT2D eigenvalue weighted by molar-refractivity contribution is 5.71. The van der Waals surface area contributed by atoms with E-state index in [2.05, 4.69) is 26.8 Å². The Kier molecular flexibility index (Phi) is 7.56. The Bertz CT molecular complexity index is 802. The third kappa shape index (κ3) is 4.60. The molecule has 4 rings (SSSR count). The summed E-state index contributed by atoms with van der Waals surface area (Å²) in [6, 6.07) is 0. The van der Waals surface area contributed by atoms with Crippen molar-refractivity contribution in [2.45, 2.75) is 111 Å². The minimum atomic E-state index is -0.137. The van der Waals surface area contributed by atoms with Crippen LogP contribution in [0.3, 0.4) is 0 Å². The third-order valence-electron chi connectivity index (χ3n) is 11.1. The monoisotopic (exact) mass is 472 g/mol. The highest BCUT2D eigenvalue weighted by Crippen LogP contribution is 2.67. The first-order valence-electron chi connectivity index (χ1n) is 14.0. The van der Waals surface area contributed by atoms with Gasteiger partial charge in [-0.1, -0.05) is 52.2 Å². The van der Waals surface area contributed by atoms with Gasteiger partial charge in [0.15, 0.2) is 0 Å². The van der Waals surface area contributed by atoms with Crippen LogP contribution in [0.5, 0.6) is 0 Å². The van der Waals surface area contributed by atoms with Crippen LogP contribution in [-0.4, -0.2) is 25.2 Å². The van der Waals surface area contributed by atoms with E-state index in [0.717, 1.165) is 55.3 Å². The predicted molar refractivity (Wildman–Crippen MR) is 135 cm³/mol. The number of ether oxygens (including phenoxy) is 2. The first-order chi connectivity index (χ1) is 16.1. The van der Waals surface area contributed by atoms with Crippen LogP contribution in [0.2, 0.25) is 0 Å². The van der Waals surface area contributed by atoms with Crippen molar-refractivity contribution in [3.8, 4) is 0 Å². The molecule has 0 spiro atoms. The van der Waals surface area contributed by atoms with Gasteiger partial charge < -0.3 is 9.47 Å². The van der Waals surface area contributed by atoms with Crippen molar-refractivity contribution in [1.29, 1.82) is 0 Å². The van der Waals surface area contributed by atoms with Crippen molar-refractivity contribution < 1.29 is 19.1 Å². The Labute approximate surface area is 207 Å². The fourth-order valence-electron chi connectivity index (χ4n) is 9.20. The molecule has 4 heteroatoms. The summed E-state index contributed by atoms with van der Waals surface area (Å²) in [6.45, 7) is 11.2. The van der Waals surface area contributed by atoms with Crippen molar-refractivity contribution in [3.05, 3.63) is 11.6 Å². The van der Waals surface area contributed by atoms with Crippen LogP contribution >= 0.6 is 0 Å². The molecule has 4 aliphatic carbocycles. The number of esters is 2. The molecule has 34 heavy (non-hydrogen) atoms. The van der Waals surface area contributed by atoms with Gasteiger partial charge in [-0.05, 0) is 91.8 Å². The van der Waals surface area contributed by atoms with Crippen LogP contribution < -0.4 is 0 Å². The van der Waals surface area contributed by atoms with Crippen LogP contribution in [0.15, 0.2) is 11.6 Å². The maximum Gasteiger partial charge on any atom is 0.308 e. The Morgan fingerprint density at radius 1 is 1.06 bits per heavy atom. The molecule has 0 radical (unpaired) electrons. The van der Waals surface area contributed by atoms with E-state index in [1.807, 2.05) is 6.92 Å². The van der Waals surface area contributed by atoms with Gasteiger partial charge in [0, 0.05) is 13.3 Å². The summed E-state index contributed by atoms with van der Waals surface area (Å²) in [5.74, 6) is 3.79. The standard InChI is InChI=1S/C30H48O4/c1-19(8-7-9-20(2)28(32)33-6)25-12-13-26-24-11-10-22-18-23(34-21(3)31)14-16-29(22,4)27(24)15-17-30(25,26)5/h10,19-20,23-27H,7-9,11-18H2,1-6H3. The second-order valence-electron chi connectivity index (χ2n) is 12.8. The van der Waals surface area contributed by atoms with Crippen molar-refractivity contribution >= 4 is 11.9 Å². The lowest BCUT2D eigenvalue weighted by Gasteiger charge is -2.58. The second kappa shape index (κ2) is 9.97. The van der Waals surface area contributed by atoms with Crippen molar-refractivity contribution in [2.24, 2.45) is 46.3 Å². The van der Waals surface area contributed by atoms with E-state index in [9.17, 15) is 9.59 Å². The lowest BCUT2D eigenvalue weighted by Crippen LogP contribution is -2.51. The molecule has 0 aromatic heterocycles. The number of rotatable bonds is 7. The molecule has 4 nitrogen and oxygen atoms in total. The fraction of sp³-hybridized carbons (Fsp3) is 0.867. The zero-order chi connectivity index (χ0) is 24.7. The maximum atomic E-state index is 11.8. The molecule has 3 saturated carbocycles. The molecule has 192 valence electrons. The van der Waals surface area contributed by atoms with Crippen LogP contribution in [-0.2, 0) is 19.1 Å². The largest absolute Gasteiger partial charge is 0.469 e. The van der Waals surface area contributed by atoms with Gasteiger partial charge in [0.25, 0.3) is 0 Å². The Balaban J connectivity index is 1.41. The van der Waals surface area contributed by atoms with Gasteiger partial charge in [-0.15, -0.1) is 0 Å². The minimum Gasteiger partial charge on any atom is -0.469 e. The number of hydrogen-bond acceptors (Lipinski definition) is 4. The maximum absolute atomic E-state index is 11.8. The minimum absolute atomic E-state index is 0.0134. The normalized spacial score (nSPS) is 40.8. The van der Waals surface area contributed by atoms with Crippen LogP contribution in [0.25, 0.3) is 0 Å². The second-order valence-corrected chi connectivity index (χ2v) is 12.8. The molecule has 0 heterocycles. The summed E-state index contributed by atoms with van der Waals surface area (Å²) in [4.78, 5) is 23.3. The fourth-order valence-corrected chi connectivity index (χ4v) is 9.20. The van der Waals surface area contributed by atoms with Gasteiger partial charge in [0.2, 0.25) is 0 Å². The first-order valence-corrected chi connectivity index (χ1v) is 14.0. The molecule has 0 aromatic carbocycles. The molecule has 0 amide bonds. The molecule has 0 aliphatic heterocycles. The summed E-state index contributed by atoms with van der Waals surface area (Å²) in [6.07, 6.45) is 15.8. The molecule has 0 bridgehead atoms. The van der Waals surface area contributed by atoms with E-state index < -0.39 is 0 Å². The van der Waals surface area contributed by atoms with Gasteiger partial charge in [-0.2, -0.15) is 0 Å². The van der Waals surface area contributed by atoms with E-state index in [-0.39, 0.29) is 24.0 Å². The molecule has 0 aromatic rings. The van der Waals surface area contributed by atoms with E-state index in [1.165, 1.54) is 59.0 Å². The summed E-state index contributed by atoms with van der Waals surface area (Å²) in [5, 5.41) is 0. The quantitative estimate of drug-likeness (QED) is 0.292. The molecular formula is C30H48O4. The van der Waals surface area contributed by atoms with Gasteiger partial charge in [-0.3, -0.25) is 9.59 Å². The predicted octanol–water partition coefficient (Wildman–Crippen LogP) is 7.11. The average molecular weight is 473 g/mol. The average Bonchev–Trinajstić information content (AvgIpc) is 3.15. The van der Waals surface area contributed by atoms with Crippen molar-refractivity contribution in [3.63, 3.8) is 0 Å². The molecule has 4 aliphatic rings. The van der Waals surface area contributed by atoms with E-state index in [1.54, 1.807) is 5.57 Å². The zero-order valence-corrected chi connectivity index (χ0v) is 22.5. The van der Waals surface area contributed by atoms with Gasteiger partial charge in [0.05, 0.1) is 13.0 Å². The topological polar surface area (TPSA) is 52.6 Å². The lowest BCUT2D eigenvalue weighted by molar-refractivity contribution is -0.149. The van der Waals surface area contributed by atoms with Crippen molar-refractivity contribution in [2.75, 3.05) is 7.11 Å². The van der Waals surface area contributed by atoms with Crippen molar-refractivity contribution in [1.82, 2.24) is 0 Å². The van der Waals surface area contributed by atoms with Gasteiger partial charge in [-0.25, -0.2) is 0 Å². The highest BCUT2D eigenvalue weighted by Gasteiger charge is 2.59. The number of hydrogen-bond donors (Lipinski definition) is 0. The molecule has 0 N–H and O–H groups in total. The van der Waals surface area contributed by atoms with Crippen LogP contribution in [0.4, 0.5) is 0 Å². The van der Waals surface area contributed by atoms with Crippen LogP contribution in [0, 0.1) is 46.3 Å². The Morgan fingerprint density at radius 2 is 1.82 bits per heavy atom. The highest BCUT2D eigenvalue weighted by atomic mass is 16.5. The van der Waals surface area contributed by atoms with Gasteiger partial charge in [0.1, 0.15) is 6.10 Å². The van der Waals surface area contributed by atoms with Gasteiger partial charge >= 0.3 is 11.9 Å². The Hall–Kier alpha value is -1.32. The number of carbonyl (C=O) groups excluding carboxylic acids is 2. The first kappa shape index (κ1) is 25.8. The summed E-state index contributed by atoms with van der Waals surface area (Å²) >= 11 is 0. The molecule has 9 atom stereocenters. The number of methoxy groups -OCH3 is 1. The Morgan fingerprint density at radius 3 is 2.53 bits per heavy atom. The summed E-state index contributed by atoms with van der Waals surface area (Å²) < 4.78 is 10.5. The lowest BCUT2D eigenvalue weighted by atomic mass is 9.47. The number of carbonyl (C=O) groups is 2. The zero-order valence-electron chi connectivity index (χ0n) is 22.5.